The molecule has 1 heterocycles. The Kier molecular flexibility index (Phi) is 5.00. The quantitative estimate of drug-likeness (QED) is 0.701. The highest BCUT2D eigenvalue weighted by Gasteiger charge is 2.30. The van der Waals surface area contributed by atoms with Crippen LogP contribution in [0.3, 0.4) is 0 Å². The van der Waals surface area contributed by atoms with E-state index in [9.17, 15) is 4.79 Å². The van der Waals surface area contributed by atoms with Crippen LogP contribution >= 0.6 is 0 Å². The third-order valence-electron chi connectivity index (χ3n) is 4.09. The van der Waals surface area contributed by atoms with Crippen molar-refractivity contribution in [1.29, 1.82) is 0 Å². The summed E-state index contributed by atoms with van der Waals surface area (Å²) in [5.41, 5.74) is 3.44. The molecular formula is C17H25NO. The lowest BCUT2D eigenvalue weighted by Gasteiger charge is -2.08. The minimum atomic E-state index is 0.0843. The van der Waals surface area contributed by atoms with Gasteiger partial charge in [0.15, 0.2) is 0 Å². The van der Waals surface area contributed by atoms with E-state index in [-0.39, 0.29) is 11.8 Å². The summed E-state index contributed by atoms with van der Waals surface area (Å²) in [7, 11) is 0. The van der Waals surface area contributed by atoms with Gasteiger partial charge in [0, 0.05) is 5.69 Å². The zero-order valence-electron chi connectivity index (χ0n) is 12.2. The number of hydrogen-bond acceptors (Lipinski definition) is 1. The molecule has 104 valence electrons. The van der Waals surface area contributed by atoms with Gasteiger partial charge >= 0.3 is 0 Å². The second-order valence-electron chi connectivity index (χ2n) is 5.64. The minimum absolute atomic E-state index is 0.0843. The molecule has 1 unspecified atom stereocenters. The first kappa shape index (κ1) is 14.1. The van der Waals surface area contributed by atoms with Crippen LogP contribution in [-0.2, 0) is 4.79 Å². The van der Waals surface area contributed by atoms with Gasteiger partial charge in [-0.1, -0.05) is 63.6 Å². The lowest BCUT2D eigenvalue weighted by molar-refractivity contribution is -0.117. The zero-order chi connectivity index (χ0) is 13.7. The average molecular weight is 259 g/mol. The fourth-order valence-corrected chi connectivity index (χ4v) is 2.92. The van der Waals surface area contributed by atoms with E-state index in [1.54, 1.807) is 0 Å². The van der Waals surface area contributed by atoms with Gasteiger partial charge in [-0.3, -0.25) is 4.79 Å². The second-order valence-corrected chi connectivity index (χ2v) is 5.64. The molecule has 0 fully saturated rings. The van der Waals surface area contributed by atoms with Gasteiger partial charge in [0.25, 0.3) is 0 Å². The van der Waals surface area contributed by atoms with E-state index in [0.717, 1.165) is 18.5 Å². The van der Waals surface area contributed by atoms with Crippen molar-refractivity contribution < 1.29 is 4.79 Å². The summed E-state index contributed by atoms with van der Waals surface area (Å²) in [4.78, 5) is 12.0. The van der Waals surface area contributed by atoms with Crippen molar-refractivity contribution in [2.75, 3.05) is 5.32 Å². The maximum Gasteiger partial charge on any atom is 0.232 e. The van der Waals surface area contributed by atoms with E-state index < -0.39 is 0 Å². The Hall–Kier alpha value is -1.31. The normalized spacial score (nSPS) is 17.4. The van der Waals surface area contributed by atoms with Crippen molar-refractivity contribution in [3.8, 4) is 0 Å². The van der Waals surface area contributed by atoms with Crippen LogP contribution in [0.15, 0.2) is 18.2 Å². The number of para-hydroxylation sites is 1. The topological polar surface area (TPSA) is 29.1 Å². The molecule has 1 aromatic rings. The Bertz CT molecular complexity index is 439. The van der Waals surface area contributed by atoms with Gasteiger partial charge in [-0.05, 0) is 24.5 Å². The van der Waals surface area contributed by atoms with Crippen molar-refractivity contribution in [1.82, 2.24) is 0 Å². The number of carbonyl (C=O) groups is 1. The molecule has 0 spiro atoms. The van der Waals surface area contributed by atoms with Gasteiger partial charge < -0.3 is 5.32 Å². The molecule has 19 heavy (non-hydrogen) atoms. The number of nitrogens with one attached hydrogen (secondary N) is 1. The Morgan fingerprint density at radius 3 is 2.63 bits per heavy atom. The molecule has 1 aliphatic heterocycles. The predicted molar refractivity (Wildman–Crippen MR) is 80.5 cm³/mol. The van der Waals surface area contributed by atoms with Crippen LogP contribution in [0.5, 0.6) is 0 Å². The summed E-state index contributed by atoms with van der Waals surface area (Å²) < 4.78 is 0. The highest BCUT2D eigenvalue weighted by molar-refractivity contribution is 6.03. The maximum absolute atomic E-state index is 12.0. The zero-order valence-corrected chi connectivity index (χ0v) is 12.2. The number of amides is 1. The molecule has 1 atom stereocenters. The lowest BCUT2D eigenvalue weighted by Crippen LogP contribution is -2.12. The van der Waals surface area contributed by atoms with Crippen LogP contribution in [0, 0.1) is 6.92 Å². The number of aryl methyl sites for hydroxylation is 1. The molecular weight excluding hydrogens is 234 g/mol. The van der Waals surface area contributed by atoms with Crippen LogP contribution < -0.4 is 5.32 Å². The van der Waals surface area contributed by atoms with E-state index in [2.05, 4.69) is 37.4 Å². The number of benzene rings is 1. The first-order chi connectivity index (χ1) is 9.24. The summed E-state index contributed by atoms with van der Waals surface area (Å²) >= 11 is 0. The second kappa shape index (κ2) is 6.74. The molecule has 0 aliphatic carbocycles. The SMILES string of the molecule is CCCCCCCCC1C(=O)Nc2c(C)cccc21. The molecule has 2 heteroatoms. The molecule has 0 bridgehead atoms. The number of anilines is 1. The molecule has 2 rings (SSSR count). The summed E-state index contributed by atoms with van der Waals surface area (Å²) in [5, 5.41) is 3.04. The molecule has 0 saturated heterocycles. The van der Waals surface area contributed by atoms with Crippen molar-refractivity contribution in [2.24, 2.45) is 0 Å². The van der Waals surface area contributed by atoms with Gasteiger partial charge in [-0.25, -0.2) is 0 Å². The number of carbonyl (C=O) groups excluding carboxylic acids is 1. The molecule has 1 aromatic carbocycles. The largest absolute Gasteiger partial charge is 0.325 e. The van der Waals surface area contributed by atoms with E-state index in [4.69, 9.17) is 0 Å². The van der Waals surface area contributed by atoms with Gasteiger partial charge in [0.1, 0.15) is 0 Å². The fourth-order valence-electron chi connectivity index (χ4n) is 2.92. The average Bonchev–Trinajstić information content (AvgIpc) is 2.72. The van der Waals surface area contributed by atoms with Gasteiger partial charge in [-0.15, -0.1) is 0 Å². The van der Waals surface area contributed by atoms with Crippen molar-refractivity contribution in [2.45, 2.75) is 64.7 Å². The van der Waals surface area contributed by atoms with Gasteiger partial charge in [0.05, 0.1) is 5.92 Å². The molecule has 2 nitrogen and oxygen atoms in total. The van der Waals surface area contributed by atoms with E-state index in [0.29, 0.717) is 0 Å². The predicted octanol–water partition coefficient (Wildman–Crippen LogP) is 4.78. The van der Waals surface area contributed by atoms with Gasteiger partial charge in [0.2, 0.25) is 5.91 Å². The molecule has 1 N–H and O–H groups in total. The Labute approximate surface area is 116 Å². The third-order valence-corrected chi connectivity index (χ3v) is 4.09. The van der Waals surface area contributed by atoms with Crippen LogP contribution in [-0.4, -0.2) is 5.91 Å². The molecule has 1 amide bonds. The van der Waals surface area contributed by atoms with E-state index in [1.807, 2.05) is 0 Å². The number of hydrogen-bond donors (Lipinski definition) is 1. The standard InChI is InChI=1S/C17H25NO/c1-3-4-5-6-7-8-11-15-14-12-9-10-13(2)16(14)18-17(15)19/h9-10,12,15H,3-8,11H2,1-2H3,(H,18,19). The van der Waals surface area contributed by atoms with Gasteiger partial charge in [-0.2, -0.15) is 0 Å². The molecule has 0 radical (unpaired) electrons. The number of rotatable bonds is 7. The summed E-state index contributed by atoms with van der Waals surface area (Å²) in [6.45, 7) is 4.30. The summed E-state index contributed by atoms with van der Waals surface area (Å²) in [6.07, 6.45) is 8.68. The van der Waals surface area contributed by atoms with E-state index >= 15 is 0 Å². The van der Waals surface area contributed by atoms with Crippen LogP contribution in [0.2, 0.25) is 0 Å². The first-order valence-electron chi connectivity index (χ1n) is 7.64. The highest BCUT2D eigenvalue weighted by Crippen LogP contribution is 2.37. The highest BCUT2D eigenvalue weighted by atomic mass is 16.2. The number of fused-ring (bicyclic) bond motifs is 1. The lowest BCUT2D eigenvalue weighted by atomic mass is 9.93. The Balaban J connectivity index is 1.85. The van der Waals surface area contributed by atoms with Crippen LogP contribution in [0.25, 0.3) is 0 Å². The molecule has 0 aromatic heterocycles. The van der Waals surface area contributed by atoms with Crippen molar-refractivity contribution >= 4 is 11.6 Å². The van der Waals surface area contributed by atoms with Crippen molar-refractivity contribution in [3.63, 3.8) is 0 Å². The molecule has 1 aliphatic rings. The first-order valence-corrected chi connectivity index (χ1v) is 7.64. The molecule has 0 saturated carbocycles. The minimum Gasteiger partial charge on any atom is -0.325 e. The van der Waals surface area contributed by atoms with Crippen LogP contribution in [0.1, 0.15) is 68.9 Å². The Morgan fingerprint density at radius 1 is 1.11 bits per heavy atom. The monoisotopic (exact) mass is 259 g/mol. The van der Waals surface area contributed by atoms with E-state index in [1.165, 1.54) is 43.2 Å². The third kappa shape index (κ3) is 3.37. The maximum atomic E-state index is 12.0. The van der Waals surface area contributed by atoms with Crippen molar-refractivity contribution in [3.05, 3.63) is 29.3 Å². The smallest absolute Gasteiger partial charge is 0.232 e. The summed E-state index contributed by atoms with van der Waals surface area (Å²) in [5.74, 6) is 0.277. The summed E-state index contributed by atoms with van der Waals surface area (Å²) in [6, 6.07) is 6.22. The Morgan fingerprint density at radius 2 is 1.84 bits per heavy atom. The number of unbranched alkanes of at least 4 members (excludes halogenated alkanes) is 5. The van der Waals surface area contributed by atoms with Crippen LogP contribution in [0.4, 0.5) is 5.69 Å². The fraction of sp³-hybridized carbons (Fsp3) is 0.588.